The molecule has 0 aromatic carbocycles. The average molecular weight is 260 g/mol. The second kappa shape index (κ2) is 2.42. The molecule has 1 N–H and O–H groups in total. The van der Waals surface area contributed by atoms with Crippen molar-refractivity contribution in [2.24, 2.45) is 0 Å². The minimum atomic E-state index is 0.0847. The summed E-state index contributed by atoms with van der Waals surface area (Å²) in [5.74, 6) is 0. The number of alkyl halides is 1. The second-order valence-electron chi connectivity index (χ2n) is 2.89. The van der Waals surface area contributed by atoms with Gasteiger partial charge in [-0.1, -0.05) is 22.6 Å². The molecule has 1 aromatic heterocycles. The SMILES string of the molecule is CC1(I)NCc2ccncc21. The summed E-state index contributed by atoms with van der Waals surface area (Å²) in [4.78, 5) is 4.11. The molecule has 1 aromatic rings. The van der Waals surface area contributed by atoms with Crippen molar-refractivity contribution in [3.8, 4) is 0 Å². The van der Waals surface area contributed by atoms with Crippen LogP contribution >= 0.6 is 22.6 Å². The summed E-state index contributed by atoms with van der Waals surface area (Å²) in [6.07, 6.45) is 3.79. The molecule has 11 heavy (non-hydrogen) atoms. The Morgan fingerprint density at radius 2 is 2.55 bits per heavy atom. The molecule has 2 rings (SSSR count). The number of fused-ring (bicyclic) bond motifs is 1. The molecule has 0 radical (unpaired) electrons. The molecule has 3 heteroatoms. The lowest BCUT2D eigenvalue weighted by atomic mass is 10.1. The molecule has 0 aliphatic carbocycles. The van der Waals surface area contributed by atoms with E-state index in [1.807, 2.05) is 12.4 Å². The van der Waals surface area contributed by atoms with Gasteiger partial charge in [-0.15, -0.1) is 0 Å². The Balaban J connectivity index is 2.56. The Morgan fingerprint density at radius 3 is 3.27 bits per heavy atom. The van der Waals surface area contributed by atoms with E-state index < -0.39 is 0 Å². The minimum absolute atomic E-state index is 0.0847. The summed E-state index contributed by atoms with van der Waals surface area (Å²) >= 11 is 2.41. The van der Waals surface area contributed by atoms with Crippen LogP contribution < -0.4 is 5.32 Å². The zero-order valence-electron chi connectivity index (χ0n) is 6.26. The predicted molar refractivity (Wildman–Crippen MR) is 52.4 cm³/mol. The first-order valence-corrected chi connectivity index (χ1v) is 4.65. The topological polar surface area (TPSA) is 24.9 Å². The Kier molecular flexibility index (Phi) is 1.64. The van der Waals surface area contributed by atoms with Gasteiger partial charge in [0, 0.05) is 24.5 Å². The van der Waals surface area contributed by atoms with Crippen molar-refractivity contribution in [3.63, 3.8) is 0 Å². The molecule has 58 valence electrons. The molecule has 0 bridgehead atoms. The van der Waals surface area contributed by atoms with Crippen molar-refractivity contribution in [1.82, 2.24) is 10.3 Å². The van der Waals surface area contributed by atoms with Gasteiger partial charge in [0.15, 0.2) is 0 Å². The standard InChI is InChI=1S/C8H9IN2/c1-8(9)7-5-10-3-2-6(7)4-11-8/h2-3,5,11H,4H2,1H3. The fourth-order valence-electron chi connectivity index (χ4n) is 1.36. The van der Waals surface area contributed by atoms with Crippen LogP contribution in [-0.2, 0) is 10.1 Å². The normalized spacial score (nSPS) is 28.5. The summed E-state index contributed by atoms with van der Waals surface area (Å²) in [6, 6.07) is 2.08. The molecule has 0 saturated heterocycles. The maximum atomic E-state index is 4.11. The molecule has 1 unspecified atom stereocenters. The smallest absolute Gasteiger partial charge is 0.0952 e. The highest BCUT2D eigenvalue weighted by Gasteiger charge is 2.30. The van der Waals surface area contributed by atoms with Gasteiger partial charge in [-0.2, -0.15) is 0 Å². The zero-order chi connectivity index (χ0) is 7.90. The van der Waals surface area contributed by atoms with Gasteiger partial charge in [0.2, 0.25) is 0 Å². The van der Waals surface area contributed by atoms with Crippen LogP contribution in [-0.4, -0.2) is 4.98 Å². The van der Waals surface area contributed by atoms with E-state index in [0.29, 0.717) is 0 Å². The van der Waals surface area contributed by atoms with Gasteiger partial charge >= 0.3 is 0 Å². The molecular formula is C8H9IN2. The van der Waals surface area contributed by atoms with Crippen molar-refractivity contribution in [2.45, 2.75) is 17.0 Å². The third kappa shape index (κ3) is 1.16. The first kappa shape index (κ1) is 7.49. The van der Waals surface area contributed by atoms with E-state index in [-0.39, 0.29) is 3.55 Å². The third-order valence-electron chi connectivity index (χ3n) is 2.03. The number of aromatic nitrogens is 1. The minimum Gasteiger partial charge on any atom is -0.295 e. The van der Waals surface area contributed by atoms with Gasteiger partial charge in [0.25, 0.3) is 0 Å². The van der Waals surface area contributed by atoms with Crippen molar-refractivity contribution in [1.29, 1.82) is 0 Å². The van der Waals surface area contributed by atoms with Crippen LogP contribution in [0.25, 0.3) is 0 Å². The van der Waals surface area contributed by atoms with E-state index >= 15 is 0 Å². The van der Waals surface area contributed by atoms with Gasteiger partial charge in [0.05, 0.1) is 3.55 Å². The quantitative estimate of drug-likeness (QED) is 0.437. The summed E-state index contributed by atoms with van der Waals surface area (Å²) < 4.78 is 0.0847. The highest BCUT2D eigenvalue weighted by atomic mass is 127. The van der Waals surface area contributed by atoms with E-state index in [0.717, 1.165) is 6.54 Å². The first-order chi connectivity index (χ1) is 5.20. The molecule has 1 aliphatic rings. The van der Waals surface area contributed by atoms with E-state index in [9.17, 15) is 0 Å². The molecule has 1 atom stereocenters. The molecule has 2 heterocycles. The lowest BCUT2D eigenvalue weighted by Crippen LogP contribution is -2.25. The number of pyridine rings is 1. The van der Waals surface area contributed by atoms with E-state index in [2.05, 4.69) is 45.9 Å². The van der Waals surface area contributed by atoms with Crippen molar-refractivity contribution in [3.05, 3.63) is 29.6 Å². The number of rotatable bonds is 0. The van der Waals surface area contributed by atoms with Gasteiger partial charge in [-0.05, 0) is 18.6 Å². The second-order valence-corrected chi connectivity index (χ2v) is 5.05. The molecular weight excluding hydrogens is 251 g/mol. The zero-order valence-corrected chi connectivity index (χ0v) is 8.42. The summed E-state index contributed by atoms with van der Waals surface area (Å²) in [5, 5.41) is 3.41. The third-order valence-corrected chi connectivity index (χ3v) is 2.99. The number of hydrogen-bond donors (Lipinski definition) is 1. The van der Waals surface area contributed by atoms with Gasteiger partial charge in [0.1, 0.15) is 0 Å². The summed E-state index contributed by atoms with van der Waals surface area (Å²) in [6.45, 7) is 3.14. The molecule has 0 amide bonds. The lowest BCUT2D eigenvalue weighted by Gasteiger charge is -2.16. The van der Waals surface area contributed by atoms with Crippen molar-refractivity contribution < 1.29 is 0 Å². The monoisotopic (exact) mass is 260 g/mol. The first-order valence-electron chi connectivity index (χ1n) is 3.57. The number of nitrogens with zero attached hydrogens (tertiary/aromatic N) is 1. The van der Waals surface area contributed by atoms with Crippen LogP contribution in [0.1, 0.15) is 18.1 Å². The Morgan fingerprint density at radius 1 is 1.73 bits per heavy atom. The van der Waals surface area contributed by atoms with Crippen LogP contribution in [0.15, 0.2) is 18.5 Å². The van der Waals surface area contributed by atoms with Crippen molar-refractivity contribution >= 4 is 22.6 Å². The highest BCUT2D eigenvalue weighted by Crippen LogP contribution is 2.35. The fraction of sp³-hybridized carbons (Fsp3) is 0.375. The predicted octanol–water partition coefficient (Wildman–Crippen LogP) is 1.79. The molecule has 0 fully saturated rings. The highest BCUT2D eigenvalue weighted by molar-refractivity contribution is 14.1. The number of nitrogens with one attached hydrogen (secondary N) is 1. The molecule has 0 spiro atoms. The van der Waals surface area contributed by atoms with E-state index in [1.54, 1.807) is 0 Å². The van der Waals surface area contributed by atoms with E-state index in [1.165, 1.54) is 11.1 Å². The fourth-order valence-corrected chi connectivity index (χ4v) is 2.03. The summed E-state index contributed by atoms with van der Waals surface area (Å²) in [5.41, 5.74) is 2.69. The maximum absolute atomic E-state index is 4.11. The average Bonchev–Trinajstić information content (AvgIpc) is 2.29. The number of halogens is 1. The summed E-state index contributed by atoms with van der Waals surface area (Å²) in [7, 11) is 0. The van der Waals surface area contributed by atoms with Gasteiger partial charge in [-0.3, -0.25) is 10.3 Å². The molecule has 2 nitrogen and oxygen atoms in total. The van der Waals surface area contributed by atoms with Gasteiger partial charge < -0.3 is 0 Å². The molecule has 1 aliphatic heterocycles. The largest absolute Gasteiger partial charge is 0.295 e. The van der Waals surface area contributed by atoms with Crippen LogP contribution in [0.4, 0.5) is 0 Å². The Hall–Kier alpha value is -0.160. The van der Waals surface area contributed by atoms with E-state index in [4.69, 9.17) is 0 Å². The maximum Gasteiger partial charge on any atom is 0.0952 e. The number of hydrogen-bond acceptors (Lipinski definition) is 2. The van der Waals surface area contributed by atoms with Crippen molar-refractivity contribution in [2.75, 3.05) is 0 Å². The van der Waals surface area contributed by atoms with Crippen LogP contribution in [0.3, 0.4) is 0 Å². The Bertz CT molecular complexity index is 283. The van der Waals surface area contributed by atoms with Crippen LogP contribution in [0.5, 0.6) is 0 Å². The van der Waals surface area contributed by atoms with Crippen LogP contribution in [0, 0.1) is 0 Å². The molecule has 0 saturated carbocycles. The Labute approximate surface area is 79.6 Å². The lowest BCUT2D eigenvalue weighted by molar-refractivity contribution is 0.605. The van der Waals surface area contributed by atoms with Gasteiger partial charge in [-0.25, -0.2) is 0 Å². The van der Waals surface area contributed by atoms with Crippen LogP contribution in [0.2, 0.25) is 0 Å².